The third kappa shape index (κ3) is 6.35. The number of carbonyl (C=O) groups is 2. The van der Waals surface area contributed by atoms with Crippen LogP contribution < -0.4 is 10.2 Å². The average molecular weight is 449 g/mol. The van der Waals surface area contributed by atoms with E-state index in [1.807, 2.05) is 29.2 Å². The fourth-order valence-corrected chi connectivity index (χ4v) is 4.79. The summed E-state index contributed by atoms with van der Waals surface area (Å²) in [6.07, 6.45) is 2.78. The average Bonchev–Trinajstić information content (AvgIpc) is 2.87. The largest absolute Gasteiger partial charge is 0.369 e. The zero-order chi connectivity index (χ0) is 23.0. The number of hydrogen-bond acceptors (Lipinski definition) is 4. The van der Waals surface area contributed by atoms with Crippen LogP contribution in [0.3, 0.4) is 0 Å². The molecule has 0 atom stereocenters. The molecule has 33 heavy (non-hydrogen) atoms. The lowest BCUT2D eigenvalue weighted by atomic mass is 9.95. The molecule has 2 saturated heterocycles. The van der Waals surface area contributed by atoms with Crippen molar-refractivity contribution in [3.63, 3.8) is 0 Å². The normalized spacial score (nSPS) is 17.7. The Balaban J connectivity index is 1.23. The lowest BCUT2D eigenvalue weighted by Gasteiger charge is -2.35. The van der Waals surface area contributed by atoms with Crippen LogP contribution in [0.25, 0.3) is 0 Å². The quantitative estimate of drug-likeness (QED) is 0.708. The van der Waals surface area contributed by atoms with Gasteiger partial charge in [-0.15, -0.1) is 0 Å². The molecule has 2 amide bonds. The molecule has 0 spiro atoms. The number of nitrogens with one attached hydrogen (secondary N) is 1. The van der Waals surface area contributed by atoms with E-state index >= 15 is 0 Å². The Kier molecular flexibility index (Phi) is 8.00. The zero-order valence-electron chi connectivity index (χ0n) is 19.7. The lowest BCUT2D eigenvalue weighted by Crippen LogP contribution is -2.45. The standard InChI is InChI=1S/C27H36N4O2/c1-29-17-19-30(20-18-29)25-10-6-5-9-24(25)21-28-27(33)23-13-15-31(16-14-23)26(32)12-11-22-7-3-2-4-8-22/h2-10,23H,11-21H2,1H3,(H,28,33). The number of likely N-dealkylation sites (tertiary alicyclic amines) is 1. The molecule has 0 aromatic heterocycles. The summed E-state index contributed by atoms with van der Waals surface area (Å²) >= 11 is 0. The van der Waals surface area contributed by atoms with Gasteiger partial charge in [-0.05, 0) is 43.5 Å². The van der Waals surface area contributed by atoms with E-state index in [0.717, 1.165) is 45.4 Å². The van der Waals surface area contributed by atoms with Gasteiger partial charge >= 0.3 is 0 Å². The van der Waals surface area contributed by atoms with Crippen molar-refractivity contribution in [3.05, 3.63) is 65.7 Å². The summed E-state index contributed by atoms with van der Waals surface area (Å²) in [6.45, 7) is 6.04. The Hall–Kier alpha value is -2.86. The highest BCUT2D eigenvalue weighted by Crippen LogP contribution is 2.23. The molecular formula is C27H36N4O2. The predicted molar refractivity (Wildman–Crippen MR) is 132 cm³/mol. The number of rotatable bonds is 7. The summed E-state index contributed by atoms with van der Waals surface area (Å²) in [4.78, 5) is 32.1. The van der Waals surface area contributed by atoms with Gasteiger partial charge in [-0.3, -0.25) is 9.59 Å². The molecule has 2 aromatic rings. The highest BCUT2D eigenvalue weighted by Gasteiger charge is 2.27. The number of amides is 2. The number of hydrogen-bond donors (Lipinski definition) is 1. The van der Waals surface area contributed by atoms with Crippen molar-refractivity contribution in [3.8, 4) is 0 Å². The highest BCUT2D eigenvalue weighted by atomic mass is 16.2. The molecule has 6 nitrogen and oxygen atoms in total. The van der Waals surface area contributed by atoms with Gasteiger partial charge in [0.05, 0.1) is 0 Å². The van der Waals surface area contributed by atoms with E-state index in [1.165, 1.54) is 16.8 Å². The van der Waals surface area contributed by atoms with Crippen LogP contribution in [0.4, 0.5) is 5.69 Å². The molecule has 4 rings (SSSR count). The van der Waals surface area contributed by atoms with Crippen molar-refractivity contribution >= 4 is 17.5 Å². The molecule has 0 aliphatic carbocycles. The Morgan fingerprint density at radius 3 is 2.27 bits per heavy atom. The van der Waals surface area contributed by atoms with Crippen molar-refractivity contribution < 1.29 is 9.59 Å². The summed E-state index contributed by atoms with van der Waals surface area (Å²) < 4.78 is 0. The molecule has 0 radical (unpaired) electrons. The first-order chi connectivity index (χ1) is 16.1. The second-order valence-corrected chi connectivity index (χ2v) is 9.28. The minimum atomic E-state index is -0.0148. The van der Waals surface area contributed by atoms with Gasteiger partial charge in [0.2, 0.25) is 11.8 Å². The summed E-state index contributed by atoms with van der Waals surface area (Å²) in [7, 11) is 2.16. The Morgan fingerprint density at radius 2 is 1.55 bits per heavy atom. The predicted octanol–water partition coefficient (Wildman–Crippen LogP) is 2.93. The van der Waals surface area contributed by atoms with Crippen LogP contribution in [0.1, 0.15) is 30.4 Å². The van der Waals surface area contributed by atoms with Crippen LogP contribution in [0, 0.1) is 5.92 Å². The maximum atomic E-state index is 12.9. The fourth-order valence-electron chi connectivity index (χ4n) is 4.79. The van der Waals surface area contributed by atoms with E-state index in [2.05, 4.69) is 52.5 Å². The number of nitrogens with zero attached hydrogens (tertiary/aromatic N) is 3. The Labute approximate surface area is 197 Å². The van der Waals surface area contributed by atoms with Crippen molar-refractivity contribution in [2.75, 3.05) is 51.2 Å². The fraction of sp³-hybridized carbons (Fsp3) is 0.481. The van der Waals surface area contributed by atoms with E-state index in [-0.39, 0.29) is 17.7 Å². The van der Waals surface area contributed by atoms with Crippen LogP contribution in [-0.4, -0.2) is 67.9 Å². The van der Waals surface area contributed by atoms with Gasteiger partial charge in [-0.1, -0.05) is 48.5 Å². The van der Waals surface area contributed by atoms with Crippen LogP contribution in [-0.2, 0) is 22.6 Å². The number of benzene rings is 2. The van der Waals surface area contributed by atoms with Gasteiger partial charge in [0.15, 0.2) is 0 Å². The minimum Gasteiger partial charge on any atom is -0.369 e. The van der Waals surface area contributed by atoms with E-state index in [4.69, 9.17) is 0 Å². The Morgan fingerprint density at radius 1 is 0.879 bits per heavy atom. The third-order valence-electron chi connectivity index (χ3n) is 6.98. The maximum Gasteiger partial charge on any atom is 0.223 e. The molecule has 2 heterocycles. The number of carbonyl (C=O) groups excluding carboxylic acids is 2. The molecule has 176 valence electrons. The third-order valence-corrected chi connectivity index (χ3v) is 6.98. The second-order valence-electron chi connectivity index (χ2n) is 9.28. The number of anilines is 1. The van der Waals surface area contributed by atoms with Gasteiger partial charge in [0.1, 0.15) is 0 Å². The summed E-state index contributed by atoms with van der Waals surface area (Å²) in [5.74, 6) is 0.289. The van der Waals surface area contributed by atoms with E-state index in [0.29, 0.717) is 26.1 Å². The van der Waals surface area contributed by atoms with E-state index < -0.39 is 0 Å². The molecular weight excluding hydrogens is 412 g/mol. The van der Waals surface area contributed by atoms with Crippen LogP contribution in [0.5, 0.6) is 0 Å². The summed E-state index contributed by atoms with van der Waals surface area (Å²) in [6, 6.07) is 18.5. The number of para-hydroxylation sites is 1. The molecule has 1 N–H and O–H groups in total. The molecule has 6 heteroatoms. The molecule has 2 aliphatic rings. The highest BCUT2D eigenvalue weighted by molar-refractivity contribution is 5.80. The lowest BCUT2D eigenvalue weighted by molar-refractivity contribution is -0.135. The SMILES string of the molecule is CN1CCN(c2ccccc2CNC(=O)C2CCN(C(=O)CCc3ccccc3)CC2)CC1. The monoisotopic (exact) mass is 448 g/mol. The molecule has 0 saturated carbocycles. The van der Waals surface area contributed by atoms with E-state index in [9.17, 15) is 9.59 Å². The van der Waals surface area contributed by atoms with Gasteiger partial charge < -0.3 is 20.0 Å². The molecule has 0 unspecified atom stereocenters. The number of piperidine rings is 1. The first-order valence-corrected chi connectivity index (χ1v) is 12.2. The molecule has 2 aromatic carbocycles. The number of aryl methyl sites for hydroxylation is 1. The Bertz CT molecular complexity index is 917. The molecule has 0 bridgehead atoms. The van der Waals surface area contributed by atoms with Gasteiger partial charge in [0, 0.05) is 63.8 Å². The first kappa shape index (κ1) is 23.3. The zero-order valence-corrected chi connectivity index (χ0v) is 19.7. The molecule has 2 aliphatic heterocycles. The number of likely N-dealkylation sites (N-methyl/N-ethyl adjacent to an activating group) is 1. The topological polar surface area (TPSA) is 55.9 Å². The van der Waals surface area contributed by atoms with Crippen molar-refractivity contribution in [1.29, 1.82) is 0 Å². The maximum absolute atomic E-state index is 12.9. The first-order valence-electron chi connectivity index (χ1n) is 12.2. The number of piperazine rings is 1. The van der Waals surface area contributed by atoms with Crippen molar-refractivity contribution in [2.24, 2.45) is 5.92 Å². The summed E-state index contributed by atoms with van der Waals surface area (Å²) in [5, 5.41) is 3.17. The smallest absolute Gasteiger partial charge is 0.223 e. The van der Waals surface area contributed by atoms with Crippen molar-refractivity contribution in [2.45, 2.75) is 32.2 Å². The van der Waals surface area contributed by atoms with Crippen LogP contribution >= 0.6 is 0 Å². The van der Waals surface area contributed by atoms with Crippen molar-refractivity contribution in [1.82, 2.24) is 15.1 Å². The second kappa shape index (κ2) is 11.3. The van der Waals surface area contributed by atoms with Gasteiger partial charge in [0.25, 0.3) is 0 Å². The molecule has 2 fully saturated rings. The van der Waals surface area contributed by atoms with Crippen LogP contribution in [0.2, 0.25) is 0 Å². The van der Waals surface area contributed by atoms with Gasteiger partial charge in [-0.25, -0.2) is 0 Å². The van der Waals surface area contributed by atoms with Crippen LogP contribution in [0.15, 0.2) is 54.6 Å². The minimum absolute atomic E-state index is 0.0148. The van der Waals surface area contributed by atoms with Gasteiger partial charge in [-0.2, -0.15) is 0 Å². The van der Waals surface area contributed by atoms with E-state index in [1.54, 1.807) is 0 Å². The summed E-state index contributed by atoms with van der Waals surface area (Å²) in [5.41, 5.74) is 3.59.